The van der Waals surface area contributed by atoms with Crippen molar-refractivity contribution in [2.24, 2.45) is 0 Å². The van der Waals surface area contributed by atoms with Gasteiger partial charge in [-0.05, 0) is 68.1 Å². The summed E-state index contributed by atoms with van der Waals surface area (Å²) in [7, 11) is -3.45. The van der Waals surface area contributed by atoms with Gasteiger partial charge in [-0.15, -0.1) is 0 Å². The first-order valence-corrected chi connectivity index (χ1v) is 16.7. The van der Waals surface area contributed by atoms with Gasteiger partial charge in [0.2, 0.25) is 10.0 Å². The molecular formula is C30H35Br2N3O5S. The van der Waals surface area contributed by atoms with Crippen molar-refractivity contribution in [3.05, 3.63) is 92.4 Å². The zero-order valence-corrected chi connectivity index (χ0v) is 27.0. The normalized spacial score (nSPS) is 16.0. The third-order valence-corrected chi connectivity index (χ3v) is 9.38. The van der Waals surface area contributed by atoms with E-state index in [1.165, 1.54) is 4.31 Å². The minimum atomic E-state index is -3.45. The lowest BCUT2D eigenvalue weighted by molar-refractivity contribution is 0.0829. The maximum atomic E-state index is 13.6. The number of anilines is 1. The molecule has 0 aliphatic carbocycles. The summed E-state index contributed by atoms with van der Waals surface area (Å²) in [6, 6.07) is 19.8. The molecule has 3 aromatic carbocycles. The van der Waals surface area contributed by atoms with Crippen LogP contribution in [0.3, 0.4) is 0 Å². The predicted octanol–water partition coefficient (Wildman–Crippen LogP) is 5.03. The quantitative estimate of drug-likeness (QED) is 0.244. The molecule has 2 atom stereocenters. The summed E-state index contributed by atoms with van der Waals surface area (Å²) in [6.45, 7) is 4.86. The predicted molar refractivity (Wildman–Crippen MR) is 169 cm³/mol. The third kappa shape index (κ3) is 9.02. The van der Waals surface area contributed by atoms with Gasteiger partial charge in [-0.3, -0.25) is 9.10 Å². The lowest BCUT2D eigenvalue weighted by Crippen LogP contribution is -2.48. The molecular weight excluding hydrogens is 674 g/mol. The summed E-state index contributed by atoms with van der Waals surface area (Å²) >= 11 is 6.99. The molecule has 1 saturated heterocycles. The molecule has 0 spiro atoms. The molecule has 0 unspecified atom stereocenters. The van der Waals surface area contributed by atoms with Crippen LogP contribution in [0.2, 0.25) is 0 Å². The Bertz CT molecular complexity index is 1430. The maximum absolute atomic E-state index is 13.6. The fourth-order valence-corrected chi connectivity index (χ4v) is 7.69. The zero-order valence-electron chi connectivity index (χ0n) is 23.0. The summed E-state index contributed by atoms with van der Waals surface area (Å²) < 4.78 is 34.3. The molecule has 1 aliphatic rings. The van der Waals surface area contributed by atoms with Crippen molar-refractivity contribution < 1.29 is 23.1 Å². The maximum Gasteiger partial charge on any atom is 0.251 e. The molecule has 1 amide bonds. The van der Waals surface area contributed by atoms with Gasteiger partial charge in [0.05, 0.1) is 29.7 Å². The van der Waals surface area contributed by atoms with Crippen molar-refractivity contribution in [2.75, 3.05) is 23.1 Å². The zero-order chi connectivity index (χ0) is 29.6. The van der Waals surface area contributed by atoms with Crippen molar-refractivity contribution in [2.45, 2.75) is 51.5 Å². The molecule has 8 nitrogen and oxygen atoms in total. The van der Waals surface area contributed by atoms with Crippen LogP contribution < -0.4 is 19.7 Å². The van der Waals surface area contributed by atoms with Crippen molar-refractivity contribution in [3.63, 3.8) is 0 Å². The van der Waals surface area contributed by atoms with Gasteiger partial charge >= 0.3 is 0 Å². The van der Waals surface area contributed by atoms with Crippen LogP contribution in [0, 0.1) is 0 Å². The summed E-state index contributed by atoms with van der Waals surface area (Å²) in [5, 5.41) is 17.5. The smallest absolute Gasteiger partial charge is 0.251 e. The first kappa shape index (κ1) is 31.5. The number of nitrogens with zero attached hydrogens (tertiary/aromatic N) is 1. The lowest BCUT2D eigenvalue weighted by atomic mass is 10.00. The summed E-state index contributed by atoms with van der Waals surface area (Å²) in [5.74, 6) is 0.0543. The van der Waals surface area contributed by atoms with Crippen LogP contribution in [0.25, 0.3) is 0 Å². The number of ether oxygens (including phenoxy) is 1. The molecule has 3 N–H and O–H groups in total. The van der Waals surface area contributed by atoms with Crippen molar-refractivity contribution in [1.82, 2.24) is 10.6 Å². The average Bonchev–Trinajstić information content (AvgIpc) is 3.26. The van der Waals surface area contributed by atoms with E-state index in [-0.39, 0.29) is 24.0 Å². The van der Waals surface area contributed by atoms with Crippen LogP contribution in [0.5, 0.6) is 5.75 Å². The number of carbonyl (C=O) groups excluding carboxylic acids is 1. The minimum absolute atomic E-state index is 0.0685. The monoisotopic (exact) mass is 707 g/mol. The Morgan fingerprint density at radius 3 is 2.37 bits per heavy atom. The number of hydrogen-bond acceptors (Lipinski definition) is 6. The highest BCUT2D eigenvalue weighted by atomic mass is 79.9. The van der Waals surface area contributed by atoms with Crippen LogP contribution in [0.4, 0.5) is 5.69 Å². The third-order valence-electron chi connectivity index (χ3n) is 6.60. The van der Waals surface area contributed by atoms with Gasteiger partial charge in [0.25, 0.3) is 5.91 Å². The number of rotatable bonds is 12. The number of aliphatic hydroxyl groups excluding tert-OH is 1. The van der Waals surface area contributed by atoms with E-state index in [2.05, 4.69) is 42.5 Å². The molecule has 0 saturated carbocycles. The standard InChI is InChI=1S/C30H35Br2N3O5S/c1-20(2)40-27-15-23(14-26(17-27)35-9-6-10-41(35,38)39)30(37)34-28(13-21-7-4-3-5-8-21)29(36)19-33-18-22-11-24(31)16-25(32)12-22/h3-5,7-8,11-12,14-17,20,28-29,33,36H,6,9-10,13,18-19H2,1-2H3,(H,34,37)/t28-,29+/m0/s1. The Labute approximate surface area is 258 Å². The molecule has 1 aliphatic heterocycles. The minimum Gasteiger partial charge on any atom is -0.491 e. The number of sulfonamides is 1. The Balaban J connectivity index is 1.54. The van der Waals surface area contributed by atoms with Gasteiger partial charge < -0.3 is 20.5 Å². The van der Waals surface area contributed by atoms with Crippen LogP contribution >= 0.6 is 31.9 Å². The van der Waals surface area contributed by atoms with Gasteiger partial charge in [-0.2, -0.15) is 0 Å². The van der Waals surface area contributed by atoms with Gasteiger partial charge in [0, 0.05) is 40.2 Å². The number of aliphatic hydroxyl groups is 1. The fraction of sp³-hybridized carbons (Fsp3) is 0.367. The van der Waals surface area contributed by atoms with Gasteiger partial charge in [0.1, 0.15) is 5.75 Å². The number of nitrogens with one attached hydrogen (secondary N) is 2. The SMILES string of the molecule is CC(C)Oc1cc(C(=O)N[C@@H](Cc2ccccc2)[C@H](O)CNCc2cc(Br)cc(Br)c2)cc(N2CCCS2(=O)=O)c1. The highest BCUT2D eigenvalue weighted by molar-refractivity contribution is 9.11. The van der Waals surface area contributed by atoms with E-state index < -0.39 is 28.1 Å². The van der Waals surface area contributed by atoms with Gasteiger partial charge in [0.15, 0.2) is 0 Å². The van der Waals surface area contributed by atoms with E-state index in [0.717, 1.165) is 20.1 Å². The topological polar surface area (TPSA) is 108 Å². The second-order valence-electron chi connectivity index (χ2n) is 10.4. The van der Waals surface area contributed by atoms with Crippen LogP contribution in [0.15, 0.2) is 75.7 Å². The number of halogens is 2. The molecule has 41 heavy (non-hydrogen) atoms. The van der Waals surface area contributed by atoms with Crippen molar-refractivity contribution >= 4 is 53.5 Å². The molecule has 1 heterocycles. The Morgan fingerprint density at radius 2 is 1.73 bits per heavy atom. The number of benzene rings is 3. The van der Waals surface area contributed by atoms with Crippen LogP contribution in [-0.2, 0) is 23.0 Å². The number of amides is 1. The Morgan fingerprint density at radius 1 is 1.02 bits per heavy atom. The largest absolute Gasteiger partial charge is 0.491 e. The van der Waals surface area contributed by atoms with Gasteiger partial charge in [-0.1, -0.05) is 62.2 Å². The Kier molecular flexibility index (Phi) is 10.9. The first-order chi connectivity index (χ1) is 19.5. The lowest BCUT2D eigenvalue weighted by Gasteiger charge is -2.26. The second kappa shape index (κ2) is 14.2. The molecule has 220 valence electrons. The van der Waals surface area contributed by atoms with E-state index in [1.807, 2.05) is 62.4 Å². The van der Waals surface area contributed by atoms with E-state index in [1.54, 1.807) is 18.2 Å². The summed E-state index contributed by atoms with van der Waals surface area (Å²) in [6.07, 6.45) is -0.133. The fourth-order valence-electron chi connectivity index (χ4n) is 4.75. The van der Waals surface area contributed by atoms with E-state index in [0.29, 0.717) is 37.4 Å². The molecule has 11 heteroatoms. The van der Waals surface area contributed by atoms with Crippen LogP contribution in [-0.4, -0.2) is 56.5 Å². The molecule has 4 rings (SSSR count). The highest BCUT2D eigenvalue weighted by Crippen LogP contribution is 2.30. The number of carbonyl (C=O) groups is 1. The molecule has 0 aromatic heterocycles. The van der Waals surface area contributed by atoms with Crippen molar-refractivity contribution in [1.29, 1.82) is 0 Å². The van der Waals surface area contributed by atoms with Crippen LogP contribution in [0.1, 0.15) is 41.8 Å². The second-order valence-corrected chi connectivity index (χ2v) is 14.2. The molecule has 3 aromatic rings. The van der Waals surface area contributed by atoms with Gasteiger partial charge in [-0.25, -0.2) is 8.42 Å². The average molecular weight is 710 g/mol. The highest BCUT2D eigenvalue weighted by Gasteiger charge is 2.30. The Hall–Kier alpha value is -2.44. The van der Waals surface area contributed by atoms with E-state index in [9.17, 15) is 18.3 Å². The van der Waals surface area contributed by atoms with Crippen molar-refractivity contribution in [3.8, 4) is 5.75 Å². The molecule has 0 bridgehead atoms. The first-order valence-electron chi connectivity index (χ1n) is 13.5. The molecule has 0 radical (unpaired) electrons. The molecule has 1 fully saturated rings. The van der Waals surface area contributed by atoms with E-state index >= 15 is 0 Å². The summed E-state index contributed by atoms with van der Waals surface area (Å²) in [5.41, 5.74) is 2.66. The number of hydrogen-bond donors (Lipinski definition) is 3. The summed E-state index contributed by atoms with van der Waals surface area (Å²) in [4.78, 5) is 13.6. The van der Waals surface area contributed by atoms with E-state index in [4.69, 9.17) is 4.74 Å².